The number of hydrogen-bond donors (Lipinski definition) is 2. The molecular formula is C19H26N4O2. The SMILES string of the molecule is CCc1c(C2CCN(C(=O)Nc3ccc(C)c(C)c3)CC2)noc1N. The van der Waals surface area contributed by atoms with Gasteiger partial charge in [0.25, 0.3) is 0 Å². The Morgan fingerprint density at radius 1 is 1.32 bits per heavy atom. The van der Waals surface area contributed by atoms with Gasteiger partial charge in [-0.15, -0.1) is 0 Å². The average Bonchev–Trinajstić information content (AvgIpc) is 2.99. The maximum atomic E-state index is 12.5. The number of urea groups is 1. The fraction of sp³-hybridized carbons (Fsp3) is 0.474. The van der Waals surface area contributed by atoms with Gasteiger partial charge in [0.1, 0.15) is 0 Å². The van der Waals surface area contributed by atoms with Gasteiger partial charge in [-0.05, 0) is 56.4 Å². The number of piperidine rings is 1. The van der Waals surface area contributed by atoms with Crippen LogP contribution in [0, 0.1) is 13.8 Å². The van der Waals surface area contributed by atoms with Crippen LogP contribution in [0.1, 0.15) is 48.1 Å². The normalized spacial score (nSPS) is 15.4. The molecule has 2 amide bonds. The quantitative estimate of drug-likeness (QED) is 0.887. The van der Waals surface area contributed by atoms with Gasteiger partial charge in [0, 0.05) is 30.3 Å². The molecule has 0 saturated carbocycles. The lowest BCUT2D eigenvalue weighted by Crippen LogP contribution is -2.40. The van der Waals surface area contributed by atoms with E-state index in [2.05, 4.69) is 24.3 Å². The lowest BCUT2D eigenvalue weighted by atomic mass is 9.90. The molecule has 1 aliphatic rings. The number of rotatable bonds is 3. The zero-order valence-corrected chi connectivity index (χ0v) is 15.1. The van der Waals surface area contributed by atoms with Crippen LogP contribution in [0.25, 0.3) is 0 Å². The van der Waals surface area contributed by atoms with Crippen molar-refractivity contribution in [3.8, 4) is 0 Å². The molecule has 134 valence electrons. The number of amides is 2. The number of nitrogens with one attached hydrogen (secondary N) is 1. The second-order valence-electron chi connectivity index (χ2n) is 6.75. The summed E-state index contributed by atoms with van der Waals surface area (Å²) in [6.45, 7) is 7.57. The highest BCUT2D eigenvalue weighted by Crippen LogP contribution is 2.32. The van der Waals surface area contributed by atoms with Crippen LogP contribution >= 0.6 is 0 Å². The van der Waals surface area contributed by atoms with Crippen molar-refractivity contribution in [2.75, 3.05) is 24.1 Å². The van der Waals surface area contributed by atoms with Gasteiger partial charge in [0.2, 0.25) is 5.88 Å². The number of carbonyl (C=O) groups is 1. The Morgan fingerprint density at radius 2 is 2.04 bits per heavy atom. The van der Waals surface area contributed by atoms with Gasteiger partial charge in [-0.2, -0.15) is 0 Å². The zero-order chi connectivity index (χ0) is 18.0. The fourth-order valence-corrected chi connectivity index (χ4v) is 3.39. The average molecular weight is 342 g/mol. The molecule has 0 bridgehead atoms. The Morgan fingerprint density at radius 3 is 2.68 bits per heavy atom. The van der Waals surface area contributed by atoms with E-state index in [1.54, 1.807) is 0 Å². The molecule has 3 N–H and O–H groups in total. The Bertz CT molecular complexity index is 761. The van der Waals surface area contributed by atoms with Crippen LogP contribution in [0.2, 0.25) is 0 Å². The third-order valence-corrected chi connectivity index (χ3v) is 5.13. The summed E-state index contributed by atoms with van der Waals surface area (Å²) < 4.78 is 5.15. The summed E-state index contributed by atoms with van der Waals surface area (Å²) in [5.74, 6) is 0.731. The molecule has 25 heavy (non-hydrogen) atoms. The van der Waals surface area contributed by atoms with E-state index < -0.39 is 0 Å². The standard InChI is InChI=1S/C19H26N4O2/c1-4-16-17(22-25-18(16)20)14-7-9-23(10-8-14)19(24)21-15-6-5-12(2)13(3)11-15/h5-6,11,14H,4,7-10,20H2,1-3H3,(H,21,24). The Balaban J connectivity index is 1.59. The first-order valence-electron chi connectivity index (χ1n) is 8.86. The highest BCUT2D eigenvalue weighted by atomic mass is 16.5. The highest BCUT2D eigenvalue weighted by Gasteiger charge is 2.28. The van der Waals surface area contributed by atoms with Gasteiger partial charge in [-0.3, -0.25) is 0 Å². The van der Waals surface area contributed by atoms with Crippen LogP contribution in [0.5, 0.6) is 0 Å². The van der Waals surface area contributed by atoms with Crippen LogP contribution in [0.3, 0.4) is 0 Å². The minimum absolute atomic E-state index is 0.0444. The van der Waals surface area contributed by atoms with Crippen LogP contribution in [-0.4, -0.2) is 29.2 Å². The van der Waals surface area contributed by atoms with Crippen molar-refractivity contribution < 1.29 is 9.32 Å². The van der Waals surface area contributed by atoms with Crippen LogP contribution in [-0.2, 0) is 6.42 Å². The maximum Gasteiger partial charge on any atom is 0.321 e. The zero-order valence-electron chi connectivity index (χ0n) is 15.1. The Labute approximate surface area is 148 Å². The summed E-state index contributed by atoms with van der Waals surface area (Å²) in [6.07, 6.45) is 2.57. The number of hydrogen-bond acceptors (Lipinski definition) is 4. The van der Waals surface area contributed by atoms with E-state index in [4.69, 9.17) is 10.3 Å². The van der Waals surface area contributed by atoms with Gasteiger partial charge in [0.05, 0.1) is 5.69 Å². The van der Waals surface area contributed by atoms with E-state index in [0.717, 1.165) is 36.2 Å². The first kappa shape index (κ1) is 17.3. The molecule has 2 aromatic rings. The predicted molar refractivity (Wildman–Crippen MR) is 98.8 cm³/mol. The summed E-state index contributed by atoms with van der Waals surface area (Å²) in [5.41, 5.74) is 11.1. The summed E-state index contributed by atoms with van der Waals surface area (Å²) in [7, 11) is 0. The molecule has 3 rings (SSSR count). The second kappa shape index (κ2) is 7.17. The minimum atomic E-state index is -0.0444. The third kappa shape index (κ3) is 3.62. The number of nitrogens with two attached hydrogens (primary N) is 1. The van der Waals surface area contributed by atoms with Gasteiger partial charge in [0.15, 0.2) is 0 Å². The minimum Gasteiger partial charge on any atom is -0.367 e. The molecule has 2 heterocycles. The van der Waals surface area contributed by atoms with Crippen molar-refractivity contribution in [3.63, 3.8) is 0 Å². The molecule has 0 spiro atoms. The van der Waals surface area contributed by atoms with Gasteiger partial charge < -0.3 is 20.5 Å². The molecule has 1 saturated heterocycles. The van der Waals surface area contributed by atoms with Crippen molar-refractivity contribution in [3.05, 3.63) is 40.6 Å². The molecule has 1 aromatic carbocycles. The summed E-state index contributed by atoms with van der Waals surface area (Å²) in [4.78, 5) is 14.4. The number of carbonyl (C=O) groups excluding carboxylic acids is 1. The second-order valence-corrected chi connectivity index (χ2v) is 6.75. The lowest BCUT2D eigenvalue weighted by Gasteiger charge is -2.31. The summed E-state index contributed by atoms with van der Waals surface area (Å²) in [5, 5.41) is 7.14. The molecule has 0 radical (unpaired) electrons. The molecular weight excluding hydrogens is 316 g/mol. The van der Waals surface area contributed by atoms with Crippen molar-refractivity contribution in [2.45, 2.75) is 46.0 Å². The van der Waals surface area contributed by atoms with E-state index in [-0.39, 0.29) is 6.03 Å². The van der Waals surface area contributed by atoms with Gasteiger partial charge >= 0.3 is 6.03 Å². The van der Waals surface area contributed by atoms with Gasteiger partial charge in [-0.25, -0.2) is 4.79 Å². The first-order chi connectivity index (χ1) is 12.0. The van der Waals surface area contributed by atoms with Crippen LogP contribution in [0.4, 0.5) is 16.4 Å². The van der Waals surface area contributed by atoms with E-state index in [1.807, 2.05) is 30.0 Å². The molecule has 6 heteroatoms. The van der Waals surface area contributed by atoms with Crippen molar-refractivity contribution >= 4 is 17.6 Å². The monoisotopic (exact) mass is 342 g/mol. The van der Waals surface area contributed by atoms with E-state index in [9.17, 15) is 4.79 Å². The Hall–Kier alpha value is -2.50. The molecule has 1 aliphatic heterocycles. The number of aromatic nitrogens is 1. The Kier molecular flexibility index (Phi) is 4.97. The summed E-state index contributed by atoms with van der Waals surface area (Å²) >= 11 is 0. The number of nitrogens with zero attached hydrogens (tertiary/aromatic N) is 2. The topological polar surface area (TPSA) is 84.4 Å². The smallest absolute Gasteiger partial charge is 0.321 e. The number of anilines is 2. The third-order valence-electron chi connectivity index (χ3n) is 5.13. The van der Waals surface area contributed by atoms with Crippen molar-refractivity contribution in [1.82, 2.24) is 10.1 Å². The summed E-state index contributed by atoms with van der Waals surface area (Å²) in [6, 6.07) is 5.93. The predicted octanol–water partition coefficient (Wildman–Crippen LogP) is 3.85. The van der Waals surface area contributed by atoms with Crippen LogP contribution in [0.15, 0.2) is 22.7 Å². The van der Waals surface area contributed by atoms with Crippen molar-refractivity contribution in [1.29, 1.82) is 0 Å². The fourth-order valence-electron chi connectivity index (χ4n) is 3.39. The highest BCUT2D eigenvalue weighted by molar-refractivity contribution is 5.89. The molecule has 6 nitrogen and oxygen atoms in total. The van der Waals surface area contributed by atoms with E-state index in [1.165, 1.54) is 11.1 Å². The molecule has 0 unspecified atom stereocenters. The number of aryl methyl sites for hydroxylation is 2. The molecule has 1 fully saturated rings. The number of nitrogen functional groups attached to an aromatic ring is 1. The van der Waals surface area contributed by atoms with Gasteiger partial charge in [-0.1, -0.05) is 18.1 Å². The number of benzene rings is 1. The number of likely N-dealkylation sites (tertiary alicyclic amines) is 1. The van der Waals surface area contributed by atoms with E-state index in [0.29, 0.717) is 24.9 Å². The molecule has 1 aromatic heterocycles. The largest absolute Gasteiger partial charge is 0.367 e. The van der Waals surface area contributed by atoms with Crippen molar-refractivity contribution in [2.24, 2.45) is 0 Å². The lowest BCUT2D eigenvalue weighted by molar-refractivity contribution is 0.193. The van der Waals surface area contributed by atoms with Crippen LogP contribution < -0.4 is 11.1 Å². The molecule has 0 atom stereocenters. The first-order valence-corrected chi connectivity index (χ1v) is 8.86. The maximum absolute atomic E-state index is 12.5. The molecule has 0 aliphatic carbocycles. The van der Waals surface area contributed by atoms with E-state index >= 15 is 0 Å².